The summed E-state index contributed by atoms with van der Waals surface area (Å²) in [5, 5.41) is 6.50. The summed E-state index contributed by atoms with van der Waals surface area (Å²) < 4.78 is 7.92. The van der Waals surface area contributed by atoms with Gasteiger partial charge in [0.25, 0.3) is 5.91 Å². The van der Waals surface area contributed by atoms with E-state index in [4.69, 9.17) is 4.74 Å². The van der Waals surface area contributed by atoms with Crippen LogP contribution in [-0.2, 0) is 11.3 Å². The summed E-state index contributed by atoms with van der Waals surface area (Å²) in [5.41, 5.74) is 7.97. The lowest BCUT2D eigenvalue weighted by Gasteiger charge is -2.08. The van der Waals surface area contributed by atoms with Crippen LogP contribution in [0.4, 0.5) is 0 Å². The third kappa shape index (κ3) is 3.92. The molecule has 0 saturated heterocycles. The first-order valence-corrected chi connectivity index (χ1v) is 10.1. The predicted molar refractivity (Wildman–Crippen MR) is 122 cm³/mol. The Hall–Kier alpha value is -3.60. The van der Waals surface area contributed by atoms with Crippen LogP contribution in [0.3, 0.4) is 0 Å². The summed E-state index contributed by atoms with van der Waals surface area (Å²) in [6, 6.07) is 20.5. The van der Waals surface area contributed by atoms with Crippen LogP contribution >= 0.6 is 0 Å². The van der Waals surface area contributed by atoms with Crippen LogP contribution in [0, 0.1) is 13.8 Å². The van der Waals surface area contributed by atoms with Crippen molar-refractivity contribution in [2.24, 2.45) is 5.10 Å². The molecule has 5 heteroatoms. The van der Waals surface area contributed by atoms with Gasteiger partial charge in [0.15, 0.2) is 6.61 Å². The second-order valence-electron chi connectivity index (χ2n) is 7.39. The normalized spacial score (nSPS) is 11.4. The Morgan fingerprint density at radius 3 is 2.67 bits per heavy atom. The third-order valence-corrected chi connectivity index (χ3v) is 5.22. The predicted octanol–water partition coefficient (Wildman–Crippen LogP) is 4.96. The number of nitrogens with one attached hydrogen (secondary N) is 1. The van der Waals surface area contributed by atoms with Gasteiger partial charge in [0, 0.05) is 28.4 Å². The highest BCUT2D eigenvalue weighted by atomic mass is 16.5. The number of amides is 1. The Morgan fingerprint density at radius 1 is 1.03 bits per heavy atom. The average molecular weight is 399 g/mol. The van der Waals surface area contributed by atoms with Crippen molar-refractivity contribution in [3.05, 3.63) is 77.4 Å². The van der Waals surface area contributed by atoms with Crippen molar-refractivity contribution >= 4 is 33.9 Å². The fraction of sp³-hybridized carbons (Fsp3) is 0.200. The fourth-order valence-electron chi connectivity index (χ4n) is 3.71. The number of rotatable bonds is 6. The zero-order valence-corrected chi connectivity index (χ0v) is 17.5. The number of carbonyl (C=O) groups excluding carboxylic acids is 1. The molecule has 5 nitrogen and oxygen atoms in total. The first-order chi connectivity index (χ1) is 14.6. The number of fused-ring (bicyclic) bond motifs is 3. The zero-order chi connectivity index (χ0) is 21.1. The Balaban J connectivity index is 1.45. The molecule has 0 aliphatic rings. The molecule has 0 fully saturated rings. The van der Waals surface area contributed by atoms with Crippen LogP contribution in [0.1, 0.15) is 23.6 Å². The number of para-hydroxylation sites is 1. The number of hydrazone groups is 1. The highest BCUT2D eigenvalue weighted by Crippen LogP contribution is 2.29. The lowest BCUT2D eigenvalue weighted by molar-refractivity contribution is -0.123. The van der Waals surface area contributed by atoms with Gasteiger partial charge in [-0.3, -0.25) is 4.79 Å². The first-order valence-electron chi connectivity index (χ1n) is 10.1. The Bertz CT molecular complexity index is 1250. The van der Waals surface area contributed by atoms with E-state index in [1.54, 1.807) is 6.21 Å². The summed E-state index contributed by atoms with van der Waals surface area (Å²) in [6.45, 7) is 6.93. The molecular weight excluding hydrogens is 374 g/mol. The van der Waals surface area contributed by atoms with E-state index in [1.807, 2.05) is 38.1 Å². The maximum absolute atomic E-state index is 12.1. The third-order valence-electron chi connectivity index (χ3n) is 5.22. The minimum Gasteiger partial charge on any atom is -0.483 e. The van der Waals surface area contributed by atoms with Gasteiger partial charge in [-0.25, -0.2) is 5.43 Å². The van der Waals surface area contributed by atoms with Gasteiger partial charge in [-0.2, -0.15) is 5.10 Å². The summed E-state index contributed by atoms with van der Waals surface area (Å²) in [7, 11) is 0. The number of hydrogen-bond acceptors (Lipinski definition) is 3. The molecule has 30 heavy (non-hydrogen) atoms. The van der Waals surface area contributed by atoms with Crippen LogP contribution < -0.4 is 10.2 Å². The standard InChI is InChI=1S/C25H25N3O2/c1-4-28-22-8-6-5-7-20(22)21-14-19(11-12-23(21)28)15-26-27-25(29)16-30-24-13-17(2)9-10-18(24)3/h5-15H,4,16H2,1-3H3,(H,27,29)/b26-15+. The van der Waals surface area contributed by atoms with E-state index in [9.17, 15) is 4.79 Å². The van der Waals surface area contributed by atoms with Crippen LogP contribution in [0.25, 0.3) is 21.8 Å². The number of nitrogens with zero attached hydrogens (tertiary/aromatic N) is 2. The van der Waals surface area contributed by atoms with Gasteiger partial charge >= 0.3 is 0 Å². The second kappa shape index (κ2) is 8.41. The molecule has 0 spiro atoms. The van der Waals surface area contributed by atoms with Crippen molar-refractivity contribution in [1.82, 2.24) is 9.99 Å². The zero-order valence-electron chi connectivity index (χ0n) is 17.5. The summed E-state index contributed by atoms with van der Waals surface area (Å²) >= 11 is 0. The summed E-state index contributed by atoms with van der Waals surface area (Å²) in [6.07, 6.45) is 1.66. The number of benzene rings is 3. The topological polar surface area (TPSA) is 55.6 Å². The first kappa shape index (κ1) is 19.7. The van der Waals surface area contributed by atoms with E-state index < -0.39 is 0 Å². The van der Waals surface area contributed by atoms with E-state index in [2.05, 4.69) is 58.4 Å². The Labute approximate surface area is 176 Å². The second-order valence-corrected chi connectivity index (χ2v) is 7.39. The van der Waals surface area contributed by atoms with E-state index in [0.29, 0.717) is 5.75 Å². The van der Waals surface area contributed by atoms with Gasteiger partial charge in [0.05, 0.1) is 6.21 Å². The highest BCUT2D eigenvalue weighted by molar-refractivity contribution is 6.09. The molecule has 3 aromatic carbocycles. The van der Waals surface area contributed by atoms with Gasteiger partial charge < -0.3 is 9.30 Å². The minimum absolute atomic E-state index is 0.0787. The van der Waals surface area contributed by atoms with Crippen LogP contribution in [0.5, 0.6) is 5.75 Å². The molecule has 1 amide bonds. The van der Waals surface area contributed by atoms with Crippen molar-refractivity contribution in [2.75, 3.05) is 6.61 Å². The number of hydrogen-bond donors (Lipinski definition) is 1. The molecular formula is C25H25N3O2. The smallest absolute Gasteiger partial charge is 0.277 e. The van der Waals surface area contributed by atoms with E-state index >= 15 is 0 Å². The van der Waals surface area contributed by atoms with E-state index in [-0.39, 0.29) is 12.5 Å². The maximum atomic E-state index is 12.1. The van der Waals surface area contributed by atoms with Crippen LogP contribution in [0.15, 0.2) is 65.8 Å². The van der Waals surface area contributed by atoms with Gasteiger partial charge in [-0.1, -0.05) is 36.4 Å². The molecule has 1 aromatic heterocycles. The van der Waals surface area contributed by atoms with Crippen molar-refractivity contribution in [2.45, 2.75) is 27.3 Å². The molecule has 0 atom stereocenters. The van der Waals surface area contributed by atoms with E-state index in [0.717, 1.165) is 23.2 Å². The maximum Gasteiger partial charge on any atom is 0.277 e. The van der Waals surface area contributed by atoms with E-state index in [1.165, 1.54) is 21.8 Å². The highest BCUT2D eigenvalue weighted by Gasteiger charge is 2.09. The van der Waals surface area contributed by atoms with Crippen LogP contribution in [0.2, 0.25) is 0 Å². The van der Waals surface area contributed by atoms with Gasteiger partial charge in [0.2, 0.25) is 0 Å². The molecule has 0 saturated carbocycles. The van der Waals surface area contributed by atoms with Gasteiger partial charge in [0.1, 0.15) is 5.75 Å². The monoisotopic (exact) mass is 399 g/mol. The molecule has 0 radical (unpaired) electrons. The molecule has 1 heterocycles. The van der Waals surface area contributed by atoms with Gasteiger partial charge in [-0.15, -0.1) is 0 Å². The van der Waals surface area contributed by atoms with Gasteiger partial charge in [-0.05, 0) is 61.7 Å². The van der Waals surface area contributed by atoms with Crippen molar-refractivity contribution in [3.8, 4) is 5.75 Å². The Morgan fingerprint density at radius 2 is 1.83 bits per heavy atom. The minimum atomic E-state index is -0.296. The summed E-state index contributed by atoms with van der Waals surface area (Å²) in [5.74, 6) is 0.419. The molecule has 0 aliphatic heterocycles. The largest absolute Gasteiger partial charge is 0.483 e. The molecule has 4 rings (SSSR count). The van der Waals surface area contributed by atoms with Crippen molar-refractivity contribution in [3.63, 3.8) is 0 Å². The molecule has 0 bridgehead atoms. The molecule has 4 aromatic rings. The lowest BCUT2D eigenvalue weighted by Crippen LogP contribution is -2.24. The molecule has 0 aliphatic carbocycles. The van der Waals surface area contributed by atoms with Crippen LogP contribution in [-0.4, -0.2) is 23.3 Å². The average Bonchev–Trinajstić information content (AvgIpc) is 3.07. The van der Waals surface area contributed by atoms with Crippen molar-refractivity contribution < 1.29 is 9.53 Å². The number of aryl methyl sites for hydroxylation is 3. The summed E-state index contributed by atoms with van der Waals surface area (Å²) in [4.78, 5) is 12.1. The number of carbonyl (C=O) groups is 1. The fourth-order valence-corrected chi connectivity index (χ4v) is 3.71. The molecule has 0 unspecified atom stereocenters. The lowest BCUT2D eigenvalue weighted by atomic mass is 10.1. The molecule has 1 N–H and O–H groups in total. The Kier molecular flexibility index (Phi) is 5.53. The molecule has 152 valence electrons. The van der Waals surface area contributed by atoms with Crippen molar-refractivity contribution in [1.29, 1.82) is 0 Å². The quantitative estimate of drug-likeness (QED) is 0.368. The number of aromatic nitrogens is 1. The number of ether oxygens (including phenoxy) is 1. The SMILES string of the molecule is CCn1c2ccccc2c2cc(/C=N/NC(=O)COc3cc(C)ccc3C)ccc21.